The summed E-state index contributed by atoms with van der Waals surface area (Å²) in [5, 5.41) is 7.16. The number of methoxy groups -OCH3 is 1. The van der Waals surface area contributed by atoms with Crippen LogP contribution in [0.2, 0.25) is 0 Å². The molecular weight excluding hydrogens is 304 g/mol. The third-order valence-corrected chi connectivity index (χ3v) is 4.46. The number of likely N-dealkylation sites (N-methyl/N-ethyl adjacent to an activating group) is 1. The van der Waals surface area contributed by atoms with E-state index in [0.717, 1.165) is 6.54 Å². The van der Waals surface area contributed by atoms with Crippen LogP contribution in [0.25, 0.3) is 5.69 Å². The minimum Gasteiger partial charge on any atom is -0.494 e. The van der Waals surface area contributed by atoms with Gasteiger partial charge in [-0.1, -0.05) is 19.1 Å². The predicted molar refractivity (Wildman–Crippen MR) is 83.8 cm³/mol. The van der Waals surface area contributed by atoms with Crippen LogP contribution in [-0.2, 0) is 10.0 Å². The number of benzene rings is 1. The lowest BCUT2D eigenvalue weighted by Gasteiger charge is -2.07. The van der Waals surface area contributed by atoms with Crippen molar-refractivity contribution in [2.45, 2.75) is 11.8 Å². The Labute approximate surface area is 130 Å². The zero-order valence-electron chi connectivity index (χ0n) is 12.6. The normalized spacial score (nSPS) is 11.5. The Bertz CT molecular complexity index is 712. The summed E-state index contributed by atoms with van der Waals surface area (Å²) < 4.78 is 33.6. The van der Waals surface area contributed by atoms with Crippen molar-refractivity contribution in [1.29, 1.82) is 0 Å². The van der Waals surface area contributed by atoms with Gasteiger partial charge in [-0.15, -0.1) is 0 Å². The standard InChI is InChI=1S/C14H20N4O3S/c1-3-15-8-9-17-22(19,20)12-10-16-18(11-12)13-6-4-5-7-14(13)21-2/h4-7,10-11,15,17H,3,8-9H2,1-2H3. The molecule has 0 bridgehead atoms. The molecule has 0 saturated heterocycles. The van der Waals surface area contributed by atoms with Crippen LogP contribution in [0.1, 0.15) is 6.92 Å². The number of hydrogen-bond donors (Lipinski definition) is 2. The van der Waals surface area contributed by atoms with Crippen LogP contribution in [-0.4, -0.2) is 44.9 Å². The Kier molecular flexibility index (Phi) is 5.53. The van der Waals surface area contributed by atoms with Crippen molar-refractivity contribution < 1.29 is 13.2 Å². The number of sulfonamides is 1. The van der Waals surface area contributed by atoms with Crippen molar-refractivity contribution >= 4 is 10.0 Å². The molecule has 0 aliphatic carbocycles. The first-order valence-corrected chi connectivity index (χ1v) is 8.45. The summed E-state index contributed by atoms with van der Waals surface area (Å²) >= 11 is 0. The fourth-order valence-corrected chi connectivity index (χ4v) is 2.89. The van der Waals surface area contributed by atoms with Gasteiger partial charge in [0, 0.05) is 13.1 Å². The summed E-state index contributed by atoms with van der Waals surface area (Å²) in [7, 11) is -2.00. The van der Waals surface area contributed by atoms with Gasteiger partial charge in [0.05, 0.1) is 19.5 Å². The molecule has 7 nitrogen and oxygen atoms in total. The summed E-state index contributed by atoms with van der Waals surface area (Å²) in [4.78, 5) is 0.120. The first kappa shape index (κ1) is 16.5. The zero-order valence-corrected chi connectivity index (χ0v) is 13.4. The van der Waals surface area contributed by atoms with Gasteiger partial charge < -0.3 is 10.1 Å². The average molecular weight is 324 g/mol. The minimum atomic E-state index is -3.56. The Morgan fingerprint density at radius 2 is 2.05 bits per heavy atom. The van der Waals surface area contributed by atoms with Crippen LogP contribution in [0.3, 0.4) is 0 Å². The number of hydrogen-bond acceptors (Lipinski definition) is 5. The van der Waals surface area contributed by atoms with Crippen LogP contribution < -0.4 is 14.8 Å². The molecule has 0 amide bonds. The lowest BCUT2D eigenvalue weighted by Crippen LogP contribution is -2.31. The Balaban J connectivity index is 2.17. The van der Waals surface area contributed by atoms with Gasteiger partial charge in [0.2, 0.25) is 10.0 Å². The van der Waals surface area contributed by atoms with E-state index < -0.39 is 10.0 Å². The molecule has 8 heteroatoms. The monoisotopic (exact) mass is 324 g/mol. The van der Waals surface area contributed by atoms with Crippen LogP contribution in [0.4, 0.5) is 0 Å². The van der Waals surface area contributed by atoms with E-state index in [1.807, 2.05) is 19.1 Å². The highest BCUT2D eigenvalue weighted by atomic mass is 32.2. The predicted octanol–water partition coefficient (Wildman–Crippen LogP) is 0.769. The lowest BCUT2D eigenvalue weighted by molar-refractivity contribution is 0.411. The maximum Gasteiger partial charge on any atom is 0.243 e. The van der Waals surface area contributed by atoms with Crippen LogP contribution in [0.15, 0.2) is 41.6 Å². The molecule has 22 heavy (non-hydrogen) atoms. The van der Waals surface area contributed by atoms with E-state index in [-0.39, 0.29) is 4.90 Å². The topological polar surface area (TPSA) is 85.3 Å². The van der Waals surface area contributed by atoms with Crippen molar-refractivity contribution in [3.63, 3.8) is 0 Å². The minimum absolute atomic E-state index is 0.120. The fraction of sp³-hybridized carbons (Fsp3) is 0.357. The molecule has 1 heterocycles. The molecule has 0 aliphatic heterocycles. The van der Waals surface area contributed by atoms with Crippen molar-refractivity contribution in [3.8, 4) is 11.4 Å². The molecule has 0 saturated carbocycles. The van der Waals surface area contributed by atoms with Crippen LogP contribution in [0.5, 0.6) is 5.75 Å². The summed E-state index contributed by atoms with van der Waals surface area (Å²) in [5.41, 5.74) is 0.680. The maximum atomic E-state index is 12.2. The first-order chi connectivity index (χ1) is 10.6. The molecule has 0 unspecified atom stereocenters. The highest BCUT2D eigenvalue weighted by Crippen LogP contribution is 2.22. The van der Waals surface area contributed by atoms with Gasteiger partial charge in [-0.05, 0) is 18.7 Å². The third-order valence-electron chi connectivity index (χ3n) is 3.05. The molecule has 2 rings (SSSR count). The van der Waals surface area contributed by atoms with Gasteiger partial charge in [-0.2, -0.15) is 5.10 Å². The fourth-order valence-electron chi connectivity index (χ4n) is 1.93. The second kappa shape index (κ2) is 7.39. The highest BCUT2D eigenvalue weighted by Gasteiger charge is 2.17. The maximum absolute atomic E-state index is 12.2. The van der Waals surface area contributed by atoms with E-state index in [1.54, 1.807) is 19.2 Å². The SMILES string of the molecule is CCNCCNS(=O)(=O)c1cnn(-c2ccccc2OC)c1. The molecule has 0 spiro atoms. The number of nitrogens with one attached hydrogen (secondary N) is 2. The number of para-hydroxylation sites is 2. The van der Waals surface area contributed by atoms with Gasteiger partial charge in [0.15, 0.2) is 0 Å². The van der Waals surface area contributed by atoms with Crippen molar-refractivity contribution in [2.75, 3.05) is 26.7 Å². The van der Waals surface area contributed by atoms with Crippen molar-refractivity contribution in [3.05, 3.63) is 36.7 Å². The van der Waals surface area contributed by atoms with Crippen molar-refractivity contribution in [2.24, 2.45) is 0 Å². The Morgan fingerprint density at radius 1 is 1.27 bits per heavy atom. The number of aromatic nitrogens is 2. The quantitative estimate of drug-likeness (QED) is 0.701. The van der Waals surface area contributed by atoms with E-state index in [4.69, 9.17) is 4.74 Å². The Morgan fingerprint density at radius 3 is 2.77 bits per heavy atom. The van der Waals surface area contributed by atoms with Crippen LogP contribution in [0, 0.1) is 0 Å². The summed E-state index contributed by atoms with van der Waals surface area (Å²) in [5.74, 6) is 0.620. The molecule has 1 aromatic heterocycles. The van der Waals surface area contributed by atoms with Crippen LogP contribution >= 0.6 is 0 Å². The second-order valence-corrected chi connectivity index (χ2v) is 6.31. The number of rotatable bonds is 8. The average Bonchev–Trinajstić information content (AvgIpc) is 3.02. The van der Waals surface area contributed by atoms with Gasteiger partial charge in [-0.25, -0.2) is 17.8 Å². The molecule has 0 fully saturated rings. The summed E-state index contributed by atoms with van der Waals surface area (Å²) in [6.45, 7) is 3.67. The van der Waals surface area contributed by atoms with Gasteiger partial charge in [0.25, 0.3) is 0 Å². The smallest absolute Gasteiger partial charge is 0.243 e. The third kappa shape index (κ3) is 3.85. The van der Waals surface area contributed by atoms with E-state index in [2.05, 4.69) is 15.1 Å². The number of ether oxygens (including phenoxy) is 1. The molecule has 0 radical (unpaired) electrons. The van der Waals surface area contributed by atoms with E-state index in [1.165, 1.54) is 17.1 Å². The molecule has 120 valence electrons. The molecule has 2 aromatic rings. The zero-order chi connectivity index (χ0) is 16.0. The van der Waals surface area contributed by atoms with E-state index >= 15 is 0 Å². The second-order valence-electron chi connectivity index (χ2n) is 4.54. The summed E-state index contributed by atoms with van der Waals surface area (Å²) in [6.07, 6.45) is 2.79. The lowest BCUT2D eigenvalue weighted by atomic mass is 10.3. The molecule has 0 aliphatic rings. The van der Waals surface area contributed by atoms with Gasteiger partial charge in [-0.3, -0.25) is 0 Å². The molecular formula is C14H20N4O3S. The molecule has 2 N–H and O–H groups in total. The summed E-state index contributed by atoms with van der Waals surface area (Å²) in [6, 6.07) is 7.27. The van der Waals surface area contributed by atoms with E-state index in [0.29, 0.717) is 24.5 Å². The molecule has 1 aromatic carbocycles. The van der Waals surface area contributed by atoms with Gasteiger partial charge in [0.1, 0.15) is 16.3 Å². The number of nitrogens with zero attached hydrogens (tertiary/aromatic N) is 2. The Hall–Kier alpha value is -1.90. The first-order valence-electron chi connectivity index (χ1n) is 6.97. The van der Waals surface area contributed by atoms with E-state index in [9.17, 15) is 8.42 Å². The van der Waals surface area contributed by atoms with Gasteiger partial charge >= 0.3 is 0 Å². The highest BCUT2D eigenvalue weighted by molar-refractivity contribution is 7.89. The largest absolute Gasteiger partial charge is 0.494 e. The molecule has 0 atom stereocenters. The van der Waals surface area contributed by atoms with Crippen molar-refractivity contribution in [1.82, 2.24) is 19.8 Å².